The molecular formula is C11H11N3O2. The third-order valence-corrected chi connectivity index (χ3v) is 2.57. The van der Waals surface area contributed by atoms with Gasteiger partial charge in [0.15, 0.2) is 0 Å². The summed E-state index contributed by atoms with van der Waals surface area (Å²) in [7, 11) is 0. The molecule has 5 nitrogen and oxygen atoms in total. The summed E-state index contributed by atoms with van der Waals surface area (Å²) in [4.78, 5) is 13.0. The van der Waals surface area contributed by atoms with Crippen LogP contribution in [0.15, 0.2) is 30.5 Å². The molecule has 0 bridgehead atoms. The van der Waals surface area contributed by atoms with Crippen molar-refractivity contribution in [3.05, 3.63) is 46.1 Å². The minimum absolute atomic E-state index is 0.0879. The lowest BCUT2D eigenvalue weighted by atomic mass is 10.1. The first-order valence-electron chi connectivity index (χ1n) is 4.78. The van der Waals surface area contributed by atoms with E-state index in [1.54, 1.807) is 18.3 Å². The number of anilines is 1. The minimum Gasteiger partial charge on any atom is -0.385 e. The van der Waals surface area contributed by atoms with Gasteiger partial charge in [0.05, 0.1) is 4.92 Å². The van der Waals surface area contributed by atoms with Gasteiger partial charge in [-0.1, -0.05) is 0 Å². The van der Waals surface area contributed by atoms with Gasteiger partial charge in [0.25, 0.3) is 5.69 Å². The van der Waals surface area contributed by atoms with Crippen LogP contribution in [0, 0.1) is 17.0 Å². The number of nitrogen functional groups attached to an aromatic ring is 1. The highest BCUT2D eigenvalue weighted by Crippen LogP contribution is 2.28. The van der Waals surface area contributed by atoms with E-state index in [1.807, 2.05) is 6.92 Å². The molecule has 0 aliphatic rings. The molecule has 16 heavy (non-hydrogen) atoms. The van der Waals surface area contributed by atoms with Crippen LogP contribution in [0.5, 0.6) is 0 Å². The maximum absolute atomic E-state index is 10.5. The Morgan fingerprint density at radius 3 is 2.38 bits per heavy atom. The summed E-state index contributed by atoms with van der Waals surface area (Å²) in [6.45, 7) is 1.91. The van der Waals surface area contributed by atoms with E-state index in [1.165, 1.54) is 12.1 Å². The molecule has 0 fully saturated rings. The smallest absolute Gasteiger partial charge is 0.269 e. The molecule has 0 unspecified atom stereocenters. The molecule has 2 rings (SSSR count). The number of aromatic nitrogens is 1. The third-order valence-electron chi connectivity index (χ3n) is 2.57. The SMILES string of the molecule is Cc1c(-c2ccc([N+](=O)[O-])cc2)c[nH]c1N. The molecule has 1 aromatic carbocycles. The number of nitrogens with two attached hydrogens (primary N) is 1. The number of non-ortho nitro benzene ring substituents is 1. The molecule has 82 valence electrons. The molecule has 0 aliphatic heterocycles. The second kappa shape index (κ2) is 3.69. The zero-order chi connectivity index (χ0) is 11.7. The normalized spacial score (nSPS) is 10.3. The molecule has 0 aliphatic carbocycles. The Morgan fingerprint density at radius 2 is 1.94 bits per heavy atom. The first-order chi connectivity index (χ1) is 7.59. The van der Waals surface area contributed by atoms with Gasteiger partial charge in [-0.15, -0.1) is 0 Å². The molecular weight excluding hydrogens is 206 g/mol. The molecule has 0 amide bonds. The number of hydrogen-bond acceptors (Lipinski definition) is 3. The standard InChI is InChI=1S/C11H11N3O2/c1-7-10(6-13-11(7)12)8-2-4-9(5-3-8)14(15)16/h2-6,13H,12H2,1H3. The highest BCUT2D eigenvalue weighted by Gasteiger charge is 2.09. The summed E-state index contributed by atoms with van der Waals surface area (Å²) < 4.78 is 0. The van der Waals surface area contributed by atoms with Crippen molar-refractivity contribution in [2.24, 2.45) is 0 Å². The maximum Gasteiger partial charge on any atom is 0.269 e. The number of rotatable bonds is 2. The molecule has 0 radical (unpaired) electrons. The summed E-state index contributed by atoms with van der Waals surface area (Å²) in [6, 6.07) is 6.40. The van der Waals surface area contributed by atoms with Gasteiger partial charge in [0.2, 0.25) is 0 Å². The molecule has 2 aromatic rings. The maximum atomic E-state index is 10.5. The van der Waals surface area contributed by atoms with Crippen LogP contribution in [0.2, 0.25) is 0 Å². The fourth-order valence-corrected chi connectivity index (χ4v) is 1.57. The molecule has 5 heteroatoms. The van der Waals surface area contributed by atoms with E-state index in [0.717, 1.165) is 16.7 Å². The number of aromatic amines is 1. The molecule has 0 atom stereocenters. The van der Waals surface area contributed by atoms with Gasteiger partial charge >= 0.3 is 0 Å². The number of benzene rings is 1. The van der Waals surface area contributed by atoms with Gasteiger partial charge in [-0.2, -0.15) is 0 Å². The minimum atomic E-state index is -0.415. The summed E-state index contributed by atoms with van der Waals surface area (Å²) in [6.07, 6.45) is 1.80. The lowest BCUT2D eigenvalue weighted by molar-refractivity contribution is -0.384. The first-order valence-corrected chi connectivity index (χ1v) is 4.78. The largest absolute Gasteiger partial charge is 0.385 e. The fourth-order valence-electron chi connectivity index (χ4n) is 1.57. The van der Waals surface area contributed by atoms with Gasteiger partial charge < -0.3 is 10.7 Å². The van der Waals surface area contributed by atoms with E-state index in [9.17, 15) is 10.1 Å². The summed E-state index contributed by atoms with van der Waals surface area (Å²) in [5.74, 6) is 0.619. The van der Waals surface area contributed by atoms with E-state index in [2.05, 4.69) is 4.98 Å². The Kier molecular flexibility index (Phi) is 2.36. The van der Waals surface area contributed by atoms with Crippen LogP contribution in [-0.4, -0.2) is 9.91 Å². The number of H-pyrrole nitrogens is 1. The Balaban J connectivity index is 2.42. The van der Waals surface area contributed by atoms with Crippen molar-refractivity contribution in [3.8, 4) is 11.1 Å². The number of nitro groups is 1. The van der Waals surface area contributed by atoms with Crippen molar-refractivity contribution < 1.29 is 4.92 Å². The quantitative estimate of drug-likeness (QED) is 0.598. The van der Waals surface area contributed by atoms with E-state index < -0.39 is 4.92 Å². The fraction of sp³-hybridized carbons (Fsp3) is 0.0909. The predicted octanol–water partition coefficient (Wildman–Crippen LogP) is 2.48. The Morgan fingerprint density at radius 1 is 1.31 bits per heavy atom. The summed E-state index contributed by atoms with van der Waals surface area (Å²) >= 11 is 0. The van der Waals surface area contributed by atoms with Gasteiger partial charge in [-0.3, -0.25) is 10.1 Å². The number of hydrogen-bond donors (Lipinski definition) is 2. The highest BCUT2D eigenvalue weighted by atomic mass is 16.6. The van der Waals surface area contributed by atoms with Gasteiger partial charge in [-0.25, -0.2) is 0 Å². The molecule has 0 saturated heterocycles. The molecule has 0 spiro atoms. The highest BCUT2D eigenvalue weighted by molar-refractivity contribution is 5.72. The second-order valence-corrected chi connectivity index (χ2v) is 3.55. The average molecular weight is 217 g/mol. The van der Waals surface area contributed by atoms with Crippen molar-refractivity contribution in [2.75, 3.05) is 5.73 Å². The number of nitrogens with one attached hydrogen (secondary N) is 1. The van der Waals surface area contributed by atoms with Gasteiger partial charge in [0.1, 0.15) is 5.82 Å². The van der Waals surface area contributed by atoms with Crippen molar-refractivity contribution in [1.29, 1.82) is 0 Å². The Labute approximate surface area is 92.1 Å². The van der Waals surface area contributed by atoms with Crippen molar-refractivity contribution in [3.63, 3.8) is 0 Å². The van der Waals surface area contributed by atoms with Crippen molar-refractivity contribution >= 4 is 11.5 Å². The predicted molar refractivity (Wildman–Crippen MR) is 62.0 cm³/mol. The van der Waals surface area contributed by atoms with E-state index >= 15 is 0 Å². The monoisotopic (exact) mass is 217 g/mol. The number of nitrogens with zero attached hydrogens (tertiary/aromatic N) is 1. The van der Waals surface area contributed by atoms with Gasteiger partial charge in [0, 0.05) is 23.9 Å². The van der Waals surface area contributed by atoms with Crippen molar-refractivity contribution in [2.45, 2.75) is 6.92 Å². The number of nitro benzene ring substituents is 1. The Bertz CT molecular complexity index is 529. The molecule has 0 saturated carbocycles. The van der Waals surface area contributed by atoms with Crippen LogP contribution >= 0.6 is 0 Å². The van der Waals surface area contributed by atoms with Crippen LogP contribution in [0.25, 0.3) is 11.1 Å². The molecule has 1 aromatic heterocycles. The zero-order valence-electron chi connectivity index (χ0n) is 8.73. The first kappa shape index (κ1) is 10.2. The molecule has 1 heterocycles. The third kappa shape index (κ3) is 1.63. The van der Waals surface area contributed by atoms with Crippen LogP contribution in [0.1, 0.15) is 5.56 Å². The van der Waals surface area contributed by atoms with Crippen LogP contribution in [0.3, 0.4) is 0 Å². The van der Waals surface area contributed by atoms with Crippen LogP contribution in [0.4, 0.5) is 11.5 Å². The Hall–Kier alpha value is -2.30. The summed E-state index contributed by atoms with van der Waals surface area (Å²) in [5, 5.41) is 10.5. The molecule has 3 N–H and O–H groups in total. The second-order valence-electron chi connectivity index (χ2n) is 3.55. The average Bonchev–Trinajstić information content (AvgIpc) is 2.60. The van der Waals surface area contributed by atoms with Crippen LogP contribution in [-0.2, 0) is 0 Å². The van der Waals surface area contributed by atoms with E-state index in [0.29, 0.717) is 5.82 Å². The zero-order valence-corrected chi connectivity index (χ0v) is 8.73. The van der Waals surface area contributed by atoms with Crippen molar-refractivity contribution in [1.82, 2.24) is 4.98 Å². The topological polar surface area (TPSA) is 85.0 Å². The van der Waals surface area contributed by atoms with E-state index in [-0.39, 0.29) is 5.69 Å². The lowest BCUT2D eigenvalue weighted by Gasteiger charge is -1.99. The van der Waals surface area contributed by atoms with Gasteiger partial charge in [-0.05, 0) is 30.2 Å². The van der Waals surface area contributed by atoms with Crippen LogP contribution < -0.4 is 5.73 Å². The lowest BCUT2D eigenvalue weighted by Crippen LogP contribution is -1.88. The van der Waals surface area contributed by atoms with E-state index in [4.69, 9.17) is 5.73 Å². The summed E-state index contributed by atoms with van der Waals surface area (Å²) in [5.41, 5.74) is 8.61.